The average molecular weight is 310 g/mol. The zero-order chi connectivity index (χ0) is 10.0. The molecule has 4 heteroatoms. The molecule has 0 N–H and O–H groups in total. The third-order valence-corrected chi connectivity index (χ3v) is 3.22. The zero-order valence-corrected chi connectivity index (χ0v) is 10.1. The SMILES string of the molecule is Cc1ccc(F)c(C(=O)CBr)c1Br. The first kappa shape index (κ1) is 10.9. The normalized spacial score (nSPS) is 10.2. The zero-order valence-electron chi connectivity index (χ0n) is 6.90. The van der Waals surface area contributed by atoms with Gasteiger partial charge in [0.05, 0.1) is 10.9 Å². The Bertz CT molecular complexity index is 350. The molecule has 1 nitrogen and oxygen atoms in total. The van der Waals surface area contributed by atoms with E-state index < -0.39 is 5.82 Å². The molecule has 70 valence electrons. The molecule has 0 aliphatic carbocycles. The molecule has 1 aromatic carbocycles. The lowest BCUT2D eigenvalue weighted by atomic mass is 10.1. The summed E-state index contributed by atoms with van der Waals surface area (Å²) in [5.41, 5.74) is 0.975. The van der Waals surface area contributed by atoms with Gasteiger partial charge >= 0.3 is 0 Å². The van der Waals surface area contributed by atoms with Crippen LogP contribution in [0.25, 0.3) is 0 Å². The number of alkyl halides is 1. The first-order chi connectivity index (χ1) is 6.07. The van der Waals surface area contributed by atoms with Gasteiger partial charge in [0.2, 0.25) is 0 Å². The first-order valence-corrected chi connectivity index (χ1v) is 5.53. The van der Waals surface area contributed by atoms with Crippen LogP contribution in [-0.4, -0.2) is 11.1 Å². The quantitative estimate of drug-likeness (QED) is 0.604. The van der Waals surface area contributed by atoms with E-state index in [2.05, 4.69) is 31.9 Å². The van der Waals surface area contributed by atoms with Gasteiger partial charge in [-0.3, -0.25) is 4.79 Å². The fourth-order valence-electron chi connectivity index (χ4n) is 0.979. The summed E-state index contributed by atoms with van der Waals surface area (Å²) in [5, 5.41) is 0.131. The highest BCUT2D eigenvalue weighted by molar-refractivity contribution is 9.10. The van der Waals surface area contributed by atoms with Crippen molar-refractivity contribution in [1.82, 2.24) is 0 Å². The number of carbonyl (C=O) groups excluding carboxylic acids is 1. The highest BCUT2D eigenvalue weighted by Crippen LogP contribution is 2.24. The first-order valence-electron chi connectivity index (χ1n) is 3.61. The predicted octanol–water partition coefficient (Wildman–Crippen LogP) is 3.47. The number of carbonyl (C=O) groups is 1. The summed E-state index contributed by atoms with van der Waals surface area (Å²) in [7, 11) is 0. The van der Waals surface area contributed by atoms with Crippen LogP contribution in [0.2, 0.25) is 0 Å². The van der Waals surface area contributed by atoms with Gasteiger partial charge in [0.1, 0.15) is 5.82 Å². The minimum atomic E-state index is -0.484. The van der Waals surface area contributed by atoms with Crippen molar-refractivity contribution in [3.05, 3.63) is 33.5 Å². The van der Waals surface area contributed by atoms with Crippen molar-refractivity contribution in [2.45, 2.75) is 6.92 Å². The number of halogens is 3. The third kappa shape index (κ3) is 2.17. The Labute approximate surface area is 92.6 Å². The van der Waals surface area contributed by atoms with E-state index in [1.165, 1.54) is 6.07 Å². The van der Waals surface area contributed by atoms with Gasteiger partial charge < -0.3 is 0 Å². The summed E-state index contributed by atoms with van der Waals surface area (Å²) in [4.78, 5) is 11.3. The minimum Gasteiger partial charge on any atom is -0.293 e. The Kier molecular flexibility index (Phi) is 3.62. The Morgan fingerprint density at radius 1 is 1.54 bits per heavy atom. The molecule has 0 aliphatic rings. The molecule has 0 heterocycles. The molecule has 0 bridgehead atoms. The lowest BCUT2D eigenvalue weighted by molar-refractivity contribution is 0.101. The van der Waals surface area contributed by atoms with Crippen LogP contribution in [-0.2, 0) is 0 Å². The van der Waals surface area contributed by atoms with E-state index in [0.29, 0.717) is 4.47 Å². The molecule has 13 heavy (non-hydrogen) atoms. The fraction of sp³-hybridized carbons (Fsp3) is 0.222. The van der Waals surface area contributed by atoms with Crippen LogP contribution in [0.15, 0.2) is 16.6 Å². The Morgan fingerprint density at radius 3 is 2.69 bits per heavy atom. The summed E-state index contributed by atoms with van der Waals surface area (Å²) < 4.78 is 13.7. The molecule has 0 fully saturated rings. The van der Waals surface area contributed by atoms with Crippen molar-refractivity contribution in [2.75, 3.05) is 5.33 Å². The monoisotopic (exact) mass is 308 g/mol. The molecule has 0 atom stereocenters. The van der Waals surface area contributed by atoms with Gasteiger partial charge in [0, 0.05) is 4.47 Å². The topological polar surface area (TPSA) is 17.1 Å². The van der Waals surface area contributed by atoms with Crippen molar-refractivity contribution in [3.63, 3.8) is 0 Å². The van der Waals surface area contributed by atoms with Crippen LogP contribution >= 0.6 is 31.9 Å². The maximum atomic E-state index is 13.2. The smallest absolute Gasteiger partial charge is 0.177 e. The van der Waals surface area contributed by atoms with Gasteiger partial charge in [-0.25, -0.2) is 4.39 Å². The molecular weight excluding hydrogens is 303 g/mol. The van der Waals surface area contributed by atoms with E-state index in [0.717, 1.165) is 5.56 Å². The van der Waals surface area contributed by atoms with E-state index >= 15 is 0 Å². The van der Waals surface area contributed by atoms with Gasteiger partial charge in [-0.1, -0.05) is 22.0 Å². The molecule has 0 unspecified atom stereocenters. The lowest BCUT2D eigenvalue weighted by Gasteiger charge is -2.05. The highest BCUT2D eigenvalue weighted by Gasteiger charge is 2.15. The maximum absolute atomic E-state index is 13.2. The minimum absolute atomic E-state index is 0.122. The summed E-state index contributed by atoms with van der Waals surface area (Å²) in [6.07, 6.45) is 0. The second kappa shape index (κ2) is 4.33. The van der Waals surface area contributed by atoms with E-state index in [-0.39, 0.29) is 16.7 Å². The molecule has 1 rings (SSSR count). The molecule has 0 spiro atoms. The van der Waals surface area contributed by atoms with Crippen molar-refractivity contribution in [3.8, 4) is 0 Å². The number of rotatable bonds is 2. The van der Waals surface area contributed by atoms with Crippen LogP contribution in [0, 0.1) is 12.7 Å². The molecule has 0 aliphatic heterocycles. The Hall–Kier alpha value is -0.220. The highest BCUT2D eigenvalue weighted by atomic mass is 79.9. The van der Waals surface area contributed by atoms with Gasteiger partial charge in [-0.05, 0) is 34.5 Å². The summed E-state index contributed by atoms with van der Waals surface area (Å²) in [6, 6.07) is 2.93. The van der Waals surface area contributed by atoms with Crippen LogP contribution < -0.4 is 0 Å². The number of ketones is 1. The standard InChI is InChI=1S/C9H7Br2FO/c1-5-2-3-6(12)8(9(5)11)7(13)4-10/h2-3H,4H2,1H3. The van der Waals surface area contributed by atoms with Crippen LogP contribution in [0.5, 0.6) is 0 Å². The molecule has 0 saturated carbocycles. The molecule has 0 radical (unpaired) electrons. The van der Waals surface area contributed by atoms with E-state index in [4.69, 9.17) is 0 Å². The average Bonchev–Trinajstić information content (AvgIpc) is 2.12. The number of aryl methyl sites for hydroxylation is 1. The van der Waals surface area contributed by atoms with Gasteiger partial charge in [0.15, 0.2) is 5.78 Å². The summed E-state index contributed by atoms with van der Waals surface area (Å²) >= 11 is 6.20. The lowest BCUT2D eigenvalue weighted by Crippen LogP contribution is -2.05. The molecule has 0 saturated heterocycles. The van der Waals surface area contributed by atoms with Crippen LogP contribution in [0.4, 0.5) is 4.39 Å². The summed E-state index contributed by atoms with van der Waals surface area (Å²) in [5.74, 6) is -0.741. The van der Waals surface area contributed by atoms with Crippen molar-refractivity contribution < 1.29 is 9.18 Å². The fourth-order valence-corrected chi connectivity index (χ4v) is 1.80. The van der Waals surface area contributed by atoms with Gasteiger partial charge in [0.25, 0.3) is 0 Å². The molecule has 1 aromatic rings. The van der Waals surface area contributed by atoms with Crippen molar-refractivity contribution >= 4 is 37.6 Å². The third-order valence-electron chi connectivity index (χ3n) is 1.68. The van der Waals surface area contributed by atoms with Crippen LogP contribution in [0.1, 0.15) is 15.9 Å². The molecule has 0 aromatic heterocycles. The Morgan fingerprint density at radius 2 is 2.15 bits per heavy atom. The second-order valence-electron chi connectivity index (χ2n) is 2.61. The number of Topliss-reactive ketones (excluding diaryl/α,β-unsaturated/α-hetero) is 1. The molecule has 0 amide bonds. The molecular formula is C9H7Br2FO. The van der Waals surface area contributed by atoms with Crippen LogP contribution in [0.3, 0.4) is 0 Å². The van der Waals surface area contributed by atoms with Crippen molar-refractivity contribution in [1.29, 1.82) is 0 Å². The number of benzene rings is 1. The van der Waals surface area contributed by atoms with E-state index in [1.54, 1.807) is 6.07 Å². The van der Waals surface area contributed by atoms with E-state index in [9.17, 15) is 9.18 Å². The predicted molar refractivity (Wildman–Crippen MR) is 57.0 cm³/mol. The van der Waals surface area contributed by atoms with Crippen molar-refractivity contribution in [2.24, 2.45) is 0 Å². The van der Waals surface area contributed by atoms with Gasteiger partial charge in [-0.2, -0.15) is 0 Å². The second-order valence-corrected chi connectivity index (χ2v) is 3.96. The largest absolute Gasteiger partial charge is 0.293 e. The van der Waals surface area contributed by atoms with Gasteiger partial charge in [-0.15, -0.1) is 0 Å². The Balaban J connectivity index is 3.33. The number of hydrogen-bond donors (Lipinski definition) is 0. The number of hydrogen-bond acceptors (Lipinski definition) is 1. The summed E-state index contributed by atoms with van der Waals surface area (Å²) in [6.45, 7) is 1.81. The van der Waals surface area contributed by atoms with E-state index in [1.807, 2.05) is 6.92 Å². The maximum Gasteiger partial charge on any atom is 0.177 e.